The molecule has 11 heteroatoms. The number of halogens is 1. The van der Waals surface area contributed by atoms with Crippen LogP contribution >= 0.6 is 11.6 Å². The molecule has 0 bridgehead atoms. The first-order chi connectivity index (χ1) is 14.7. The zero-order valence-corrected chi connectivity index (χ0v) is 17.5. The molecule has 1 amide bonds. The molecule has 4 rings (SSSR count). The van der Waals surface area contributed by atoms with Crippen LogP contribution in [0.3, 0.4) is 0 Å². The average molecular weight is 417 g/mol. The van der Waals surface area contributed by atoms with E-state index in [-0.39, 0.29) is 38.3 Å². The number of anilines is 1. The molecule has 6 nitrogen and oxygen atoms in total. The maximum atomic E-state index is 12.8. The van der Waals surface area contributed by atoms with Crippen molar-refractivity contribution in [2.75, 3.05) is 5.32 Å². The molecule has 3 heterocycles. The van der Waals surface area contributed by atoms with E-state index in [4.69, 9.17) is 43.0 Å². The van der Waals surface area contributed by atoms with E-state index in [0.29, 0.717) is 5.52 Å². The van der Waals surface area contributed by atoms with E-state index >= 15 is 0 Å². The number of carbonyl (C=O) groups is 1. The second-order valence-corrected chi connectivity index (χ2v) is 7.38. The lowest BCUT2D eigenvalue weighted by atomic mass is 9.67. The Morgan fingerprint density at radius 3 is 2.32 bits per heavy atom. The van der Waals surface area contributed by atoms with Crippen molar-refractivity contribution in [1.29, 1.82) is 0 Å². The fraction of sp³-hybridized carbons (Fsp3) is 0.100. The highest BCUT2D eigenvalue weighted by atomic mass is 35.5. The predicted molar refractivity (Wildman–Crippen MR) is 127 cm³/mol. The summed E-state index contributed by atoms with van der Waals surface area (Å²) in [5.41, 5.74) is 2.06. The number of hydrogen-bond donors (Lipinski definition) is 1. The van der Waals surface area contributed by atoms with Crippen molar-refractivity contribution >= 4 is 87.5 Å². The van der Waals surface area contributed by atoms with Gasteiger partial charge >= 0.3 is 0 Å². The van der Waals surface area contributed by atoms with E-state index < -0.39 is 5.91 Å². The van der Waals surface area contributed by atoms with Gasteiger partial charge in [-0.25, -0.2) is 15.0 Å². The molecule has 1 N–H and O–H groups in total. The highest BCUT2D eigenvalue weighted by Gasteiger charge is 2.18. The number of amides is 1. The van der Waals surface area contributed by atoms with Gasteiger partial charge in [0.2, 0.25) is 0 Å². The molecular formula is C20H12B4ClN5O. The van der Waals surface area contributed by atoms with Gasteiger partial charge in [-0.2, -0.15) is 0 Å². The molecule has 8 radical (unpaired) electrons. The number of aryl methyl sites for hydroxylation is 1. The molecule has 1 aromatic carbocycles. The Morgan fingerprint density at radius 2 is 1.71 bits per heavy atom. The third-order valence-corrected chi connectivity index (χ3v) is 5.52. The van der Waals surface area contributed by atoms with Crippen LogP contribution < -0.4 is 27.2 Å². The summed E-state index contributed by atoms with van der Waals surface area (Å²) in [7, 11) is 25.5. The molecular weight excluding hydrogens is 405 g/mol. The van der Waals surface area contributed by atoms with E-state index in [1.54, 1.807) is 18.5 Å². The number of carbonyl (C=O) groups excluding carboxylic acids is 1. The first-order valence-electron chi connectivity index (χ1n) is 9.17. The molecule has 0 saturated carbocycles. The molecule has 0 unspecified atom stereocenters. The molecule has 0 aliphatic carbocycles. The predicted octanol–water partition coefficient (Wildman–Crippen LogP) is -0.580. The Bertz CT molecular complexity index is 1340. The third-order valence-electron chi connectivity index (χ3n) is 5.12. The van der Waals surface area contributed by atoms with Gasteiger partial charge in [0.1, 0.15) is 43.0 Å². The number of rotatable bonds is 3. The molecule has 0 spiro atoms. The van der Waals surface area contributed by atoms with Gasteiger partial charge in [-0.3, -0.25) is 4.79 Å². The van der Waals surface area contributed by atoms with Gasteiger partial charge in [0.25, 0.3) is 5.91 Å². The van der Waals surface area contributed by atoms with Gasteiger partial charge in [0.15, 0.2) is 0 Å². The summed E-state index contributed by atoms with van der Waals surface area (Å²) in [5, 5.41) is 3.48. The number of fused-ring (bicyclic) bond motifs is 1. The number of nitrogens with zero attached hydrogens (tertiary/aromatic N) is 4. The molecule has 0 saturated heterocycles. The van der Waals surface area contributed by atoms with Crippen LogP contribution in [-0.2, 0) is 7.05 Å². The van der Waals surface area contributed by atoms with Crippen LogP contribution in [0.4, 0.5) is 5.82 Å². The van der Waals surface area contributed by atoms with E-state index in [2.05, 4.69) is 20.3 Å². The summed E-state index contributed by atoms with van der Waals surface area (Å²) >= 11 is 6.00. The summed E-state index contributed by atoms with van der Waals surface area (Å²) in [6.45, 7) is 1.91. The summed E-state index contributed by atoms with van der Waals surface area (Å²) < 4.78 is 1.94. The monoisotopic (exact) mass is 417 g/mol. The van der Waals surface area contributed by atoms with Crippen molar-refractivity contribution < 1.29 is 4.79 Å². The number of pyridine rings is 2. The van der Waals surface area contributed by atoms with Crippen molar-refractivity contribution in [3.63, 3.8) is 0 Å². The van der Waals surface area contributed by atoms with Crippen LogP contribution in [0.15, 0.2) is 30.6 Å². The summed E-state index contributed by atoms with van der Waals surface area (Å²) in [4.78, 5) is 26.1. The first-order valence-corrected chi connectivity index (χ1v) is 9.55. The van der Waals surface area contributed by atoms with Gasteiger partial charge in [-0.05, 0) is 19.1 Å². The lowest BCUT2D eigenvalue weighted by Crippen LogP contribution is -2.47. The second kappa shape index (κ2) is 7.93. The zero-order chi connectivity index (χ0) is 22.4. The van der Waals surface area contributed by atoms with Gasteiger partial charge in [0, 0.05) is 35.3 Å². The second-order valence-electron chi connectivity index (χ2n) is 7.01. The quantitative estimate of drug-likeness (QED) is 0.453. The summed E-state index contributed by atoms with van der Waals surface area (Å²) in [6, 6.07) is 5.43. The van der Waals surface area contributed by atoms with Gasteiger partial charge in [-0.15, -0.1) is 0 Å². The topological polar surface area (TPSA) is 72.7 Å². The minimum Gasteiger partial charge on any atom is -0.330 e. The minimum absolute atomic E-state index is 0.0113. The Labute approximate surface area is 189 Å². The van der Waals surface area contributed by atoms with E-state index in [0.717, 1.165) is 22.6 Å². The van der Waals surface area contributed by atoms with Crippen LogP contribution in [0.2, 0.25) is 5.02 Å². The largest absolute Gasteiger partial charge is 0.330 e. The number of imidazole rings is 1. The molecule has 0 aliphatic rings. The third kappa shape index (κ3) is 3.65. The van der Waals surface area contributed by atoms with Crippen molar-refractivity contribution in [2.24, 2.45) is 7.05 Å². The Morgan fingerprint density at radius 1 is 1.03 bits per heavy atom. The molecule has 31 heavy (non-hydrogen) atoms. The average Bonchev–Trinajstić information content (AvgIpc) is 3.09. The number of aromatic nitrogens is 4. The van der Waals surface area contributed by atoms with E-state index in [9.17, 15) is 4.79 Å². The lowest BCUT2D eigenvalue weighted by molar-refractivity contribution is 0.102. The van der Waals surface area contributed by atoms with Gasteiger partial charge in [0.05, 0.1) is 23.1 Å². The SMILES string of the molecule is [B]c1c([B])c(C(=O)Nc2cc3nc(-c4cnc(C)n4C)ccc3cn2)c([B])c([B])c1Cl. The highest BCUT2D eigenvalue weighted by molar-refractivity contribution is 6.65. The molecule has 142 valence electrons. The van der Waals surface area contributed by atoms with Crippen LogP contribution in [0.5, 0.6) is 0 Å². The Balaban J connectivity index is 1.71. The number of nitrogens with one attached hydrogen (secondary N) is 1. The van der Waals surface area contributed by atoms with Crippen LogP contribution in [0.1, 0.15) is 16.2 Å². The van der Waals surface area contributed by atoms with Crippen LogP contribution in [0, 0.1) is 6.92 Å². The smallest absolute Gasteiger partial charge is 0.255 e. The first kappa shape index (κ1) is 21.2. The van der Waals surface area contributed by atoms with Crippen molar-refractivity contribution in [3.05, 3.63) is 47.0 Å². The Kier molecular flexibility index (Phi) is 5.43. The standard InChI is InChI=1S/C20H12B4ClN5O/c1-8-26-7-12(30(8)2)10-4-3-9-6-27-13(5-11(9)28-10)29-20(31)14-15(21)17(23)19(25)18(24)16(14)22/h3-7H,1-2H3,(H,27,29,31). The van der Waals surface area contributed by atoms with Gasteiger partial charge in [-0.1, -0.05) is 33.5 Å². The van der Waals surface area contributed by atoms with Crippen LogP contribution in [0.25, 0.3) is 22.3 Å². The lowest BCUT2D eigenvalue weighted by Gasteiger charge is -2.18. The molecule has 0 aliphatic heterocycles. The Hall–Kier alpha value is -2.99. The fourth-order valence-corrected chi connectivity index (χ4v) is 3.39. The van der Waals surface area contributed by atoms with Crippen LogP contribution in [-0.4, -0.2) is 56.8 Å². The summed E-state index contributed by atoms with van der Waals surface area (Å²) in [5.74, 6) is 0.515. The molecule has 3 aromatic heterocycles. The van der Waals surface area contributed by atoms with Crippen molar-refractivity contribution in [2.45, 2.75) is 6.92 Å². The minimum atomic E-state index is -0.615. The van der Waals surface area contributed by atoms with E-state index in [1.807, 2.05) is 30.7 Å². The molecule has 0 atom stereocenters. The van der Waals surface area contributed by atoms with Crippen molar-refractivity contribution in [1.82, 2.24) is 19.5 Å². The van der Waals surface area contributed by atoms with Crippen molar-refractivity contribution in [3.8, 4) is 11.4 Å². The maximum absolute atomic E-state index is 12.8. The molecule has 0 fully saturated rings. The maximum Gasteiger partial charge on any atom is 0.255 e. The highest BCUT2D eigenvalue weighted by Crippen LogP contribution is 2.22. The van der Waals surface area contributed by atoms with Gasteiger partial charge < -0.3 is 9.88 Å². The number of benzene rings is 1. The zero-order valence-electron chi connectivity index (χ0n) is 16.8. The molecule has 4 aromatic rings. The normalized spacial score (nSPS) is 11.1. The fourth-order valence-electron chi connectivity index (χ4n) is 3.19. The summed E-state index contributed by atoms with van der Waals surface area (Å²) in [6.07, 6.45) is 3.36. The van der Waals surface area contributed by atoms with E-state index in [1.165, 1.54) is 0 Å². The number of hydrogen-bond acceptors (Lipinski definition) is 4.